The van der Waals surface area contributed by atoms with E-state index >= 15 is 0 Å². The predicted octanol–water partition coefficient (Wildman–Crippen LogP) is 1.22. The molecule has 0 aliphatic rings. The summed E-state index contributed by atoms with van der Waals surface area (Å²) in [5, 5.41) is 6.95. The largest absolute Gasteiger partial charge is 0.494 e. The zero-order chi connectivity index (χ0) is 18.1. The minimum Gasteiger partial charge on any atom is -0.494 e. The van der Waals surface area contributed by atoms with Gasteiger partial charge in [0.2, 0.25) is 11.9 Å². The minimum absolute atomic E-state index is 0.242. The Morgan fingerprint density at radius 2 is 2.16 bits per heavy atom. The first kappa shape index (κ1) is 16.5. The van der Waals surface area contributed by atoms with Gasteiger partial charge in [0, 0.05) is 18.8 Å². The molecule has 0 saturated heterocycles. The van der Waals surface area contributed by atoms with Gasteiger partial charge in [0.05, 0.1) is 23.9 Å². The van der Waals surface area contributed by atoms with Crippen molar-refractivity contribution in [3.8, 4) is 5.75 Å². The second-order valence-corrected chi connectivity index (χ2v) is 5.50. The number of fused-ring (bicyclic) bond motifs is 1. The molecule has 0 bridgehead atoms. The lowest BCUT2D eigenvalue weighted by Crippen LogP contribution is -2.14. The Morgan fingerprint density at radius 3 is 2.80 bits per heavy atom. The maximum Gasteiger partial charge on any atom is 0.261 e. The lowest BCUT2D eigenvalue weighted by Gasteiger charge is -2.02. The van der Waals surface area contributed by atoms with Crippen molar-refractivity contribution in [3.05, 3.63) is 35.2 Å². The fourth-order valence-electron chi connectivity index (χ4n) is 2.60. The van der Waals surface area contributed by atoms with Crippen molar-refractivity contribution < 1.29 is 14.3 Å². The van der Waals surface area contributed by atoms with Crippen LogP contribution in [-0.4, -0.2) is 38.7 Å². The molecular weight excluding hydrogens is 324 g/mol. The van der Waals surface area contributed by atoms with Gasteiger partial charge in [-0.05, 0) is 18.6 Å². The predicted molar refractivity (Wildman–Crippen MR) is 91.7 cm³/mol. The van der Waals surface area contributed by atoms with Crippen molar-refractivity contribution in [1.82, 2.24) is 19.7 Å². The Balaban J connectivity index is 1.96. The maximum atomic E-state index is 12.5. The molecule has 1 aromatic carbocycles. The van der Waals surface area contributed by atoms with Gasteiger partial charge in [-0.25, -0.2) is 4.98 Å². The highest BCUT2D eigenvalue weighted by atomic mass is 16.5. The number of carbonyl (C=O) groups excluding carboxylic acids is 2. The van der Waals surface area contributed by atoms with Crippen molar-refractivity contribution in [2.75, 3.05) is 12.4 Å². The Labute approximate surface area is 143 Å². The van der Waals surface area contributed by atoms with E-state index in [1.807, 2.05) is 6.92 Å². The molecule has 130 valence electrons. The van der Waals surface area contributed by atoms with E-state index in [1.165, 1.54) is 13.2 Å². The number of anilines is 1. The van der Waals surface area contributed by atoms with E-state index in [0.29, 0.717) is 34.5 Å². The van der Waals surface area contributed by atoms with Gasteiger partial charge in [-0.15, -0.1) is 0 Å². The summed E-state index contributed by atoms with van der Waals surface area (Å²) < 4.78 is 6.84. The van der Waals surface area contributed by atoms with Crippen LogP contribution in [0.3, 0.4) is 0 Å². The van der Waals surface area contributed by atoms with Gasteiger partial charge in [0.1, 0.15) is 11.3 Å². The number of aromatic amines is 1. The lowest BCUT2D eigenvalue weighted by molar-refractivity contribution is 0.0997. The van der Waals surface area contributed by atoms with Crippen LogP contribution in [0.1, 0.15) is 33.3 Å². The van der Waals surface area contributed by atoms with Crippen LogP contribution in [0, 0.1) is 0 Å². The molecule has 2 aromatic heterocycles. The van der Waals surface area contributed by atoms with Crippen molar-refractivity contribution in [2.24, 2.45) is 12.8 Å². The highest BCUT2D eigenvalue weighted by molar-refractivity contribution is 6.05. The average molecular weight is 342 g/mol. The molecule has 9 nitrogen and oxygen atoms in total. The van der Waals surface area contributed by atoms with Crippen LogP contribution in [0.2, 0.25) is 0 Å². The number of rotatable bonds is 5. The van der Waals surface area contributed by atoms with E-state index in [2.05, 4.69) is 20.4 Å². The maximum absolute atomic E-state index is 12.5. The average Bonchev–Trinajstić information content (AvgIpc) is 3.15. The number of imidazole rings is 1. The molecule has 4 N–H and O–H groups in total. The summed E-state index contributed by atoms with van der Waals surface area (Å²) in [6.07, 6.45) is 2.29. The number of hydrogen-bond acceptors (Lipinski definition) is 5. The third-order valence-corrected chi connectivity index (χ3v) is 3.77. The van der Waals surface area contributed by atoms with Gasteiger partial charge < -0.3 is 15.5 Å². The zero-order valence-electron chi connectivity index (χ0n) is 14.1. The van der Waals surface area contributed by atoms with Gasteiger partial charge >= 0.3 is 0 Å². The topological polar surface area (TPSA) is 128 Å². The molecule has 0 atom stereocenters. The summed E-state index contributed by atoms with van der Waals surface area (Å²) >= 11 is 0. The molecule has 0 aliphatic heterocycles. The molecule has 0 spiro atoms. The van der Waals surface area contributed by atoms with Crippen LogP contribution in [0.15, 0.2) is 18.3 Å². The minimum atomic E-state index is -0.580. The molecular formula is C16H18N6O3. The van der Waals surface area contributed by atoms with Crippen LogP contribution in [0.5, 0.6) is 5.75 Å². The summed E-state index contributed by atoms with van der Waals surface area (Å²) in [7, 11) is 3.23. The van der Waals surface area contributed by atoms with Crippen molar-refractivity contribution in [1.29, 1.82) is 0 Å². The van der Waals surface area contributed by atoms with Gasteiger partial charge in [0.15, 0.2) is 0 Å². The Hall–Kier alpha value is -3.36. The molecule has 3 aromatic rings. The second-order valence-electron chi connectivity index (χ2n) is 5.50. The van der Waals surface area contributed by atoms with Gasteiger partial charge in [0.25, 0.3) is 5.91 Å². The molecule has 0 fully saturated rings. The SMILES string of the molecule is CCc1nn(C)cc1C(=O)Nc1nc2c(OC)cc(C(N)=O)cc2[nH]1. The van der Waals surface area contributed by atoms with E-state index in [9.17, 15) is 9.59 Å². The summed E-state index contributed by atoms with van der Waals surface area (Å²) in [6, 6.07) is 3.07. The number of amides is 2. The summed E-state index contributed by atoms with van der Waals surface area (Å²) in [4.78, 5) is 31.2. The molecule has 0 aliphatic carbocycles. The van der Waals surface area contributed by atoms with Crippen LogP contribution in [-0.2, 0) is 13.5 Å². The van der Waals surface area contributed by atoms with Crippen molar-refractivity contribution in [2.45, 2.75) is 13.3 Å². The number of ether oxygens (including phenoxy) is 1. The molecule has 0 saturated carbocycles. The first-order chi connectivity index (χ1) is 11.9. The lowest BCUT2D eigenvalue weighted by atomic mass is 10.2. The zero-order valence-corrected chi connectivity index (χ0v) is 14.1. The molecule has 9 heteroatoms. The normalized spacial score (nSPS) is 10.8. The summed E-state index contributed by atoms with van der Waals surface area (Å²) in [6.45, 7) is 1.93. The monoisotopic (exact) mass is 342 g/mol. The molecule has 0 radical (unpaired) electrons. The third-order valence-electron chi connectivity index (χ3n) is 3.77. The van der Waals surface area contributed by atoms with Crippen LogP contribution in [0.4, 0.5) is 5.95 Å². The standard InChI is InChI=1S/C16H18N6O3/c1-4-10-9(7-22(2)21-10)15(24)20-16-18-11-5-8(14(17)23)6-12(25-3)13(11)19-16/h5-7H,4H2,1-3H3,(H2,17,23)(H2,18,19,20,24). The highest BCUT2D eigenvalue weighted by Crippen LogP contribution is 2.27. The highest BCUT2D eigenvalue weighted by Gasteiger charge is 2.18. The van der Waals surface area contributed by atoms with E-state index < -0.39 is 5.91 Å². The number of hydrogen-bond donors (Lipinski definition) is 3. The number of nitrogens with two attached hydrogens (primary N) is 1. The molecule has 3 rings (SSSR count). The van der Waals surface area contributed by atoms with Crippen molar-refractivity contribution in [3.63, 3.8) is 0 Å². The number of aromatic nitrogens is 4. The summed E-state index contributed by atoms with van der Waals surface area (Å²) in [5.41, 5.74) is 7.81. The Morgan fingerprint density at radius 1 is 1.40 bits per heavy atom. The van der Waals surface area contributed by atoms with Crippen LogP contribution >= 0.6 is 0 Å². The summed E-state index contributed by atoms with van der Waals surface area (Å²) in [5.74, 6) is -0.272. The van der Waals surface area contributed by atoms with E-state index in [-0.39, 0.29) is 17.4 Å². The number of methoxy groups -OCH3 is 1. The van der Waals surface area contributed by atoms with E-state index in [1.54, 1.807) is 24.0 Å². The third kappa shape index (κ3) is 3.03. The van der Waals surface area contributed by atoms with Gasteiger partial charge in [-0.2, -0.15) is 5.10 Å². The number of benzene rings is 1. The Kier molecular flexibility index (Phi) is 4.14. The smallest absolute Gasteiger partial charge is 0.261 e. The number of nitrogens with one attached hydrogen (secondary N) is 2. The second kappa shape index (κ2) is 6.27. The molecule has 25 heavy (non-hydrogen) atoms. The number of H-pyrrole nitrogens is 1. The molecule has 2 heterocycles. The van der Waals surface area contributed by atoms with E-state index in [0.717, 1.165) is 0 Å². The van der Waals surface area contributed by atoms with Gasteiger partial charge in [-0.1, -0.05) is 6.92 Å². The first-order valence-corrected chi connectivity index (χ1v) is 7.64. The van der Waals surface area contributed by atoms with E-state index in [4.69, 9.17) is 10.5 Å². The van der Waals surface area contributed by atoms with Crippen LogP contribution in [0.25, 0.3) is 11.0 Å². The first-order valence-electron chi connectivity index (χ1n) is 7.64. The van der Waals surface area contributed by atoms with Crippen molar-refractivity contribution >= 4 is 28.8 Å². The van der Waals surface area contributed by atoms with Crippen LogP contribution < -0.4 is 15.8 Å². The fourth-order valence-corrected chi connectivity index (χ4v) is 2.60. The molecule has 2 amide bonds. The number of carbonyl (C=O) groups is 2. The van der Waals surface area contributed by atoms with Gasteiger partial charge in [-0.3, -0.25) is 19.6 Å². The quantitative estimate of drug-likeness (QED) is 0.642. The Bertz CT molecular complexity index is 972. The fraction of sp³-hybridized carbons (Fsp3) is 0.250. The number of nitrogens with zero attached hydrogens (tertiary/aromatic N) is 3. The number of aryl methyl sites for hydroxylation is 2. The number of primary amides is 1. The molecule has 0 unspecified atom stereocenters.